The van der Waals surface area contributed by atoms with E-state index in [1.807, 2.05) is 20.2 Å². The maximum absolute atomic E-state index is 12.3. The molecule has 0 aliphatic rings. The summed E-state index contributed by atoms with van der Waals surface area (Å²) in [5, 5.41) is 6.54. The van der Waals surface area contributed by atoms with E-state index in [1.54, 1.807) is 19.2 Å². The van der Waals surface area contributed by atoms with E-state index in [1.165, 1.54) is 0 Å². The number of anilines is 1. The molecule has 4 nitrogen and oxygen atoms in total. The Bertz CT molecular complexity index is 472. The van der Waals surface area contributed by atoms with Gasteiger partial charge in [0.25, 0.3) is 5.91 Å². The molecule has 0 aliphatic heterocycles. The molecule has 1 amide bonds. The maximum atomic E-state index is 12.3. The first-order valence-electron chi connectivity index (χ1n) is 6.65. The van der Waals surface area contributed by atoms with Crippen LogP contribution in [0.1, 0.15) is 24.2 Å². The molecule has 0 heterocycles. The predicted molar refractivity (Wildman–Crippen MR) is 85.7 cm³/mol. The summed E-state index contributed by atoms with van der Waals surface area (Å²) in [4.78, 5) is 14.4. The van der Waals surface area contributed by atoms with Gasteiger partial charge >= 0.3 is 0 Å². The van der Waals surface area contributed by atoms with Crippen LogP contribution < -0.4 is 10.6 Å². The molecule has 2 N–H and O–H groups in total. The lowest BCUT2D eigenvalue weighted by Crippen LogP contribution is -2.40. The third-order valence-electron chi connectivity index (χ3n) is 2.97. The lowest BCUT2D eigenvalue weighted by Gasteiger charge is -2.28. The molecule has 1 rings (SSSR count). The third-order valence-corrected chi connectivity index (χ3v) is 3.20. The lowest BCUT2D eigenvalue weighted by atomic mass is 9.93. The van der Waals surface area contributed by atoms with Crippen molar-refractivity contribution in [1.82, 2.24) is 10.2 Å². The molecule has 0 saturated heterocycles. The average molecular weight is 298 g/mol. The van der Waals surface area contributed by atoms with E-state index >= 15 is 0 Å². The highest BCUT2D eigenvalue weighted by atomic mass is 35.5. The van der Waals surface area contributed by atoms with Crippen molar-refractivity contribution in [1.29, 1.82) is 0 Å². The van der Waals surface area contributed by atoms with Gasteiger partial charge < -0.3 is 15.5 Å². The van der Waals surface area contributed by atoms with Gasteiger partial charge in [-0.15, -0.1) is 0 Å². The second-order valence-corrected chi connectivity index (χ2v) is 6.46. The van der Waals surface area contributed by atoms with Gasteiger partial charge in [-0.3, -0.25) is 4.79 Å². The fourth-order valence-corrected chi connectivity index (χ4v) is 2.42. The quantitative estimate of drug-likeness (QED) is 0.848. The van der Waals surface area contributed by atoms with Crippen LogP contribution in [0.5, 0.6) is 0 Å². The molecule has 5 heteroatoms. The van der Waals surface area contributed by atoms with Gasteiger partial charge in [0.2, 0.25) is 0 Å². The first kappa shape index (κ1) is 16.8. The van der Waals surface area contributed by atoms with Crippen molar-refractivity contribution in [3.8, 4) is 0 Å². The minimum absolute atomic E-state index is 0.0114. The topological polar surface area (TPSA) is 44.4 Å². The molecule has 0 radical (unpaired) electrons. The number of rotatable bonds is 6. The summed E-state index contributed by atoms with van der Waals surface area (Å²) in [6.45, 7) is 5.77. The molecule has 0 spiro atoms. The van der Waals surface area contributed by atoms with E-state index in [0.29, 0.717) is 17.1 Å². The van der Waals surface area contributed by atoms with Crippen LogP contribution in [0.2, 0.25) is 5.02 Å². The molecule has 0 unspecified atom stereocenters. The van der Waals surface area contributed by atoms with Gasteiger partial charge in [-0.2, -0.15) is 0 Å². The molecule has 0 atom stereocenters. The SMILES string of the molecule is CNc1ccc(Cl)cc1C(=O)NCC(C)(C)CN(C)C. The molecule has 0 bridgehead atoms. The van der Waals surface area contributed by atoms with Crippen LogP contribution in [0.15, 0.2) is 18.2 Å². The van der Waals surface area contributed by atoms with Gasteiger partial charge in [0, 0.05) is 30.8 Å². The number of benzene rings is 1. The number of hydrogen-bond donors (Lipinski definition) is 2. The van der Waals surface area contributed by atoms with Crippen LogP contribution in [0.25, 0.3) is 0 Å². The van der Waals surface area contributed by atoms with E-state index in [9.17, 15) is 4.79 Å². The first-order valence-corrected chi connectivity index (χ1v) is 7.03. The second-order valence-electron chi connectivity index (χ2n) is 6.02. The molecule has 112 valence electrons. The highest BCUT2D eigenvalue weighted by Crippen LogP contribution is 2.21. The minimum Gasteiger partial charge on any atom is -0.387 e. The maximum Gasteiger partial charge on any atom is 0.253 e. The Morgan fingerprint density at radius 1 is 1.35 bits per heavy atom. The van der Waals surface area contributed by atoms with Crippen molar-refractivity contribution in [2.24, 2.45) is 5.41 Å². The van der Waals surface area contributed by atoms with Gasteiger partial charge in [-0.1, -0.05) is 25.4 Å². The number of halogens is 1. The van der Waals surface area contributed by atoms with Gasteiger partial charge in [0.1, 0.15) is 0 Å². The third kappa shape index (κ3) is 5.02. The van der Waals surface area contributed by atoms with Gasteiger partial charge in [-0.05, 0) is 37.7 Å². The largest absolute Gasteiger partial charge is 0.387 e. The fourth-order valence-electron chi connectivity index (χ4n) is 2.25. The minimum atomic E-state index is -0.108. The molecule has 20 heavy (non-hydrogen) atoms. The van der Waals surface area contributed by atoms with Crippen molar-refractivity contribution in [2.75, 3.05) is 39.5 Å². The summed E-state index contributed by atoms with van der Waals surface area (Å²) in [5.41, 5.74) is 1.36. The monoisotopic (exact) mass is 297 g/mol. The summed E-state index contributed by atoms with van der Waals surface area (Å²) in [6, 6.07) is 5.25. The standard InChI is InChI=1S/C15H24ClN3O/c1-15(2,10-19(4)5)9-18-14(20)12-8-11(16)6-7-13(12)17-3/h6-8,17H,9-10H2,1-5H3,(H,18,20). The number of nitrogens with zero attached hydrogens (tertiary/aromatic N) is 1. The Balaban J connectivity index is 2.74. The van der Waals surface area contributed by atoms with Gasteiger partial charge in [-0.25, -0.2) is 0 Å². The molecule has 0 saturated carbocycles. The summed E-state index contributed by atoms with van der Waals surface area (Å²) >= 11 is 5.96. The Hall–Kier alpha value is -1.26. The summed E-state index contributed by atoms with van der Waals surface area (Å²) in [5.74, 6) is -0.108. The van der Waals surface area contributed by atoms with Crippen LogP contribution in [-0.4, -0.2) is 45.0 Å². The Kier molecular flexibility index (Phi) is 5.84. The molecular formula is C15H24ClN3O. The number of nitrogens with one attached hydrogen (secondary N) is 2. The van der Waals surface area contributed by atoms with E-state index in [4.69, 9.17) is 11.6 Å². The van der Waals surface area contributed by atoms with Crippen molar-refractivity contribution < 1.29 is 4.79 Å². The van der Waals surface area contributed by atoms with Crippen molar-refractivity contribution in [3.05, 3.63) is 28.8 Å². The predicted octanol–water partition coefficient (Wildman–Crippen LogP) is 2.70. The van der Waals surface area contributed by atoms with Crippen LogP contribution in [0, 0.1) is 5.41 Å². The Morgan fingerprint density at radius 3 is 2.55 bits per heavy atom. The summed E-state index contributed by atoms with van der Waals surface area (Å²) in [6.07, 6.45) is 0. The zero-order valence-electron chi connectivity index (χ0n) is 12.9. The molecule has 1 aromatic carbocycles. The normalized spacial score (nSPS) is 11.6. The van der Waals surface area contributed by atoms with E-state index in [0.717, 1.165) is 12.2 Å². The Labute approximate surface area is 126 Å². The first-order chi connectivity index (χ1) is 9.25. The number of carbonyl (C=O) groups is 1. The Morgan fingerprint density at radius 2 is 2.00 bits per heavy atom. The highest BCUT2D eigenvalue weighted by molar-refractivity contribution is 6.31. The van der Waals surface area contributed by atoms with Crippen LogP contribution >= 0.6 is 11.6 Å². The number of amides is 1. The van der Waals surface area contributed by atoms with Gasteiger partial charge in [0.05, 0.1) is 5.56 Å². The number of hydrogen-bond acceptors (Lipinski definition) is 3. The molecular weight excluding hydrogens is 274 g/mol. The highest BCUT2D eigenvalue weighted by Gasteiger charge is 2.21. The number of carbonyl (C=O) groups excluding carboxylic acids is 1. The van der Waals surface area contributed by atoms with Gasteiger partial charge in [0.15, 0.2) is 0 Å². The molecule has 1 aromatic rings. The zero-order chi connectivity index (χ0) is 15.3. The fraction of sp³-hybridized carbons (Fsp3) is 0.533. The van der Waals surface area contributed by atoms with E-state index in [2.05, 4.69) is 29.4 Å². The molecule has 0 aromatic heterocycles. The zero-order valence-corrected chi connectivity index (χ0v) is 13.6. The lowest BCUT2D eigenvalue weighted by molar-refractivity contribution is 0.0930. The van der Waals surface area contributed by atoms with Crippen LogP contribution in [-0.2, 0) is 0 Å². The van der Waals surface area contributed by atoms with Crippen LogP contribution in [0.4, 0.5) is 5.69 Å². The second kappa shape index (κ2) is 6.95. The smallest absolute Gasteiger partial charge is 0.253 e. The van der Waals surface area contributed by atoms with Crippen molar-refractivity contribution in [2.45, 2.75) is 13.8 Å². The summed E-state index contributed by atoms with van der Waals surface area (Å²) in [7, 11) is 5.84. The molecule has 0 aliphatic carbocycles. The van der Waals surface area contributed by atoms with Crippen molar-refractivity contribution in [3.63, 3.8) is 0 Å². The van der Waals surface area contributed by atoms with Crippen molar-refractivity contribution >= 4 is 23.2 Å². The summed E-state index contributed by atoms with van der Waals surface area (Å²) < 4.78 is 0. The van der Waals surface area contributed by atoms with E-state index < -0.39 is 0 Å². The molecule has 0 fully saturated rings. The van der Waals surface area contributed by atoms with E-state index in [-0.39, 0.29) is 11.3 Å². The average Bonchev–Trinajstić information content (AvgIpc) is 2.34. The van der Waals surface area contributed by atoms with Crippen LogP contribution in [0.3, 0.4) is 0 Å².